The van der Waals surface area contributed by atoms with E-state index in [0.717, 1.165) is 32.1 Å². The quantitative estimate of drug-likeness (QED) is 0.272. The summed E-state index contributed by atoms with van der Waals surface area (Å²) < 4.78 is 19.4. The summed E-state index contributed by atoms with van der Waals surface area (Å²) in [5.41, 5.74) is 11.7. The van der Waals surface area contributed by atoms with E-state index in [0.29, 0.717) is 35.2 Å². The molecule has 5 nitrogen and oxygen atoms in total. The van der Waals surface area contributed by atoms with Crippen LogP contribution in [0.3, 0.4) is 0 Å². The molecule has 6 aliphatic rings. The lowest BCUT2D eigenvalue weighted by atomic mass is 9.31. The molecule has 1 heterocycles. The van der Waals surface area contributed by atoms with Gasteiger partial charge in [-0.1, -0.05) is 65.0 Å². The maximum absolute atomic E-state index is 12.2. The molecule has 4 saturated carbocycles. The fourth-order valence-electron chi connectivity index (χ4n) is 13.2. The third-order valence-electron chi connectivity index (χ3n) is 15.2. The molecule has 1 aliphatic heterocycles. The van der Waals surface area contributed by atoms with Crippen molar-refractivity contribution in [3.8, 4) is 0 Å². The van der Waals surface area contributed by atoms with Gasteiger partial charge >= 0.3 is 5.97 Å². The second-order valence-corrected chi connectivity index (χ2v) is 17.8. The first-order chi connectivity index (χ1) is 20.9. The van der Waals surface area contributed by atoms with E-state index < -0.39 is 5.79 Å². The number of hydrogen-bond acceptors (Lipinski definition) is 5. The summed E-state index contributed by atoms with van der Waals surface area (Å²) in [6.45, 7) is 23.7. The van der Waals surface area contributed by atoms with Gasteiger partial charge in [-0.25, -0.2) is 4.79 Å². The van der Waals surface area contributed by atoms with Crippen LogP contribution in [0.4, 0.5) is 0 Å². The van der Waals surface area contributed by atoms with Gasteiger partial charge in [0.25, 0.3) is 0 Å². The summed E-state index contributed by atoms with van der Waals surface area (Å²) in [5.74, 6) is 1.40. The summed E-state index contributed by atoms with van der Waals surface area (Å²) >= 11 is 0. The monoisotopic (exact) mass is 615 g/mol. The van der Waals surface area contributed by atoms with Crippen LogP contribution in [-0.4, -0.2) is 36.6 Å². The number of nitrogens with two attached hydrogens (primary N) is 1. The first-order valence-corrected chi connectivity index (χ1v) is 17.6. The minimum atomic E-state index is -0.682. The normalized spacial score (nSPS) is 47.3. The van der Waals surface area contributed by atoms with Crippen LogP contribution in [0.2, 0.25) is 0 Å². The van der Waals surface area contributed by atoms with Crippen molar-refractivity contribution < 1.29 is 19.0 Å². The number of rotatable bonds is 3. The molecule has 0 radical (unpaired) electrons. The van der Waals surface area contributed by atoms with Gasteiger partial charge < -0.3 is 19.9 Å². The van der Waals surface area contributed by atoms with Crippen molar-refractivity contribution in [2.45, 2.75) is 124 Å². The molecule has 246 valence electrons. The number of ether oxygens (including phenoxy) is 3. The van der Waals surface area contributed by atoms with Gasteiger partial charge in [0.2, 0.25) is 0 Å². The molecule has 0 aromatic heterocycles. The lowest BCUT2D eigenvalue weighted by molar-refractivity contribution is -0.274. The maximum Gasteiger partial charge on any atom is 0.337 e. The van der Waals surface area contributed by atoms with Crippen LogP contribution in [0.5, 0.6) is 0 Å². The Balaban J connectivity index is 1.34. The van der Waals surface area contributed by atoms with Crippen molar-refractivity contribution in [3.05, 3.63) is 53.6 Å². The lowest BCUT2D eigenvalue weighted by Gasteiger charge is -2.74. The number of benzene rings is 1. The van der Waals surface area contributed by atoms with Crippen LogP contribution in [0.1, 0.15) is 116 Å². The summed E-state index contributed by atoms with van der Waals surface area (Å²) in [6.07, 6.45) is 10.3. The Morgan fingerprint density at radius 1 is 0.933 bits per heavy atom. The molecule has 2 N–H and O–H groups in total. The summed E-state index contributed by atoms with van der Waals surface area (Å²) in [5, 5.41) is 0. The van der Waals surface area contributed by atoms with Crippen LogP contribution in [0.25, 0.3) is 5.57 Å². The molecule has 1 aromatic carbocycles. The SMILES string of the molecule is C=C(C)[C@@H]1CC[C@]2(N)C[C@@H]3OC(C)(C)O[C@H]4C[C@H]5C(C)(C)C(c6ccc(C(=O)OC)cc6)=CCC5(C)C5CC[C@H]([C@@H]12)[C@]3(C)[C@@]54C. The number of hydrogen-bond donors (Lipinski definition) is 1. The van der Waals surface area contributed by atoms with Gasteiger partial charge in [0.15, 0.2) is 5.79 Å². The first-order valence-electron chi connectivity index (χ1n) is 17.6. The number of esters is 1. The summed E-state index contributed by atoms with van der Waals surface area (Å²) in [4.78, 5) is 12.2. The lowest BCUT2D eigenvalue weighted by Crippen LogP contribution is -2.74. The third-order valence-corrected chi connectivity index (χ3v) is 15.2. The highest BCUT2D eigenvalue weighted by Gasteiger charge is 2.77. The van der Waals surface area contributed by atoms with E-state index in [1.165, 1.54) is 36.7 Å². The molecule has 5 aliphatic carbocycles. The minimum Gasteiger partial charge on any atom is -0.465 e. The topological polar surface area (TPSA) is 70.8 Å². The molecule has 1 saturated heterocycles. The minimum absolute atomic E-state index is 0.0489. The van der Waals surface area contributed by atoms with E-state index >= 15 is 0 Å². The standard InChI is InChI=1S/C40H57NO4/c1-23(2)26-17-20-40(41)22-32-38(8)28(33(26)40)15-16-29-37(7)19-18-27(24-11-13-25(14-12-24)34(42)43-10)35(3,4)30(37)21-31(39(29,38)9)44-36(5,6)45-32/h11-14,18,26,28-33H,1,15-17,19-22,41H2,2-10H3/t26-,28+,29?,30-,31-,32-,33+,37?,38-,39-,40-/m0/s1. The zero-order valence-electron chi connectivity index (χ0n) is 29.3. The van der Waals surface area contributed by atoms with E-state index in [2.05, 4.69) is 80.2 Å². The van der Waals surface area contributed by atoms with Gasteiger partial charge in [-0.05, 0) is 129 Å². The zero-order valence-corrected chi connectivity index (χ0v) is 29.3. The highest BCUT2D eigenvalue weighted by molar-refractivity contribution is 5.89. The molecule has 1 aromatic rings. The fraction of sp³-hybridized carbons (Fsp3) is 0.725. The predicted molar refractivity (Wildman–Crippen MR) is 179 cm³/mol. The smallest absolute Gasteiger partial charge is 0.337 e. The Morgan fingerprint density at radius 2 is 1.60 bits per heavy atom. The Bertz CT molecular complexity index is 1440. The van der Waals surface area contributed by atoms with E-state index in [9.17, 15) is 4.79 Å². The van der Waals surface area contributed by atoms with Crippen LogP contribution in [-0.2, 0) is 14.2 Å². The number of methoxy groups -OCH3 is 1. The number of carbonyl (C=O) groups is 1. The third kappa shape index (κ3) is 4.05. The van der Waals surface area contributed by atoms with Crippen molar-refractivity contribution >= 4 is 11.5 Å². The highest BCUT2D eigenvalue weighted by atomic mass is 16.7. The Hall–Kier alpha value is -1.95. The van der Waals surface area contributed by atoms with Gasteiger partial charge in [-0.15, -0.1) is 0 Å². The van der Waals surface area contributed by atoms with Gasteiger partial charge in [0.05, 0.1) is 24.9 Å². The van der Waals surface area contributed by atoms with Crippen molar-refractivity contribution in [3.63, 3.8) is 0 Å². The molecule has 0 bridgehead atoms. The van der Waals surface area contributed by atoms with Crippen molar-refractivity contribution in [2.75, 3.05) is 7.11 Å². The highest BCUT2D eigenvalue weighted by Crippen LogP contribution is 2.78. The van der Waals surface area contributed by atoms with Gasteiger partial charge in [0.1, 0.15) is 0 Å². The van der Waals surface area contributed by atoms with Gasteiger partial charge in [-0.3, -0.25) is 0 Å². The number of carbonyl (C=O) groups excluding carboxylic acids is 1. The number of fused-ring (bicyclic) bond motifs is 4. The first kappa shape index (κ1) is 31.6. The molecule has 11 atom stereocenters. The van der Waals surface area contributed by atoms with Crippen molar-refractivity contribution in [1.29, 1.82) is 0 Å². The summed E-state index contributed by atoms with van der Waals surface area (Å²) in [6, 6.07) is 8.02. The van der Waals surface area contributed by atoms with Gasteiger partial charge in [-0.2, -0.15) is 0 Å². The molecule has 0 amide bonds. The molecular formula is C40H57NO4. The second-order valence-electron chi connectivity index (χ2n) is 17.8. The molecular weight excluding hydrogens is 558 g/mol. The van der Waals surface area contributed by atoms with Gasteiger partial charge in [0, 0.05) is 16.4 Å². The second kappa shape index (κ2) is 9.80. The molecule has 2 unspecified atom stereocenters. The molecule has 45 heavy (non-hydrogen) atoms. The predicted octanol–water partition coefficient (Wildman–Crippen LogP) is 8.58. The Morgan fingerprint density at radius 3 is 2.24 bits per heavy atom. The molecule has 5 heteroatoms. The van der Waals surface area contributed by atoms with E-state index in [-0.39, 0.29) is 45.4 Å². The van der Waals surface area contributed by atoms with Crippen LogP contribution >= 0.6 is 0 Å². The Labute approximate surface area is 271 Å². The van der Waals surface area contributed by atoms with Crippen molar-refractivity contribution in [2.24, 2.45) is 57.0 Å². The van der Waals surface area contributed by atoms with Crippen molar-refractivity contribution in [1.82, 2.24) is 0 Å². The van der Waals surface area contributed by atoms with E-state index in [4.69, 9.17) is 19.9 Å². The van der Waals surface area contributed by atoms with E-state index in [1.807, 2.05) is 12.1 Å². The molecule has 0 spiro atoms. The molecule has 7 rings (SSSR count). The van der Waals surface area contributed by atoms with E-state index in [1.54, 1.807) is 0 Å². The average Bonchev–Trinajstić information content (AvgIpc) is 3.28. The maximum atomic E-state index is 12.2. The largest absolute Gasteiger partial charge is 0.465 e. The fourth-order valence-corrected chi connectivity index (χ4v) is 13.2. The van der Waals surface area contributed by atoms with Crippen LogP contribution in [0.15, 0.2) is 42.5 Å². The van der Waals surface area contributed by atoms with Crippen LogP contribution in [0, 0.1) is 51.2 Å². The summed E-state index contributed by atoms with van der Waals surface area (Å²) in [7, 11) is 1.44. The number of allylic oxidation sites excluding steroid dienone is 3. The Kier molecular flexibility index (Phi) is 6.89. The zero-order chi connectivity index (χ0) is 32.5. The molecule has 5 fully saturated rings. The average molecular weight is 616 g/mol. The van der Waals surface area contributed by atoms with Crippen LogP contribution < -0.4 is 5.73 Å².